The van der Waals surface area contributed by atoms with E-state index < -0.39 is 10.0 Å². The van der Waals surface area contributed by atoms with Crippen molar-refractivity contribution < 1.29 is 13.5 Å². The Bertz CT molecular complexity index is 1560. The first kappa shape index (κ1) is 26.8. The summed E-state index contributed by atoms with van der Waals surface area (Å²) in [4.78, 5) is 18.1. The molecule has 0 aliphatic carbocycles. The van der Waals surface area contributed by atoms with Crippen molar-refractivity contribution >= 4 is 38.5 Å². The molecule has 0 amide bonds. The third kappa shape index (κ3) is 6.94. The van der Waals surface area contributed by atoms with Crippen LogP contribution in [0, 0.1) is 0 Å². The molecule has 3 N–H and O–H groups in total. The molecular weight excluding hydrogens is 500 g/mol. The molecule has 2 aromatic carbocycles. The molecule has 0 atom stereocenters. The summed E-state index contributed by atoms with van der Waals surface area (Å²) in [6.45, 7) is 3.99. The number of nitrogens with zero attached hydrogens (tertiary/aromatic N) is 4. The molecule has 9 nitrogen and oxygen atoms in total. The molecule has 0 saturated heterocycles. The molecular formula is C28H28N6O3S. The quantitative estimate of drug-likeness (QED) is 0.188. The van der Waals surface area contributed by atoms with E-state index in [1.54, 1.807) is 12.3 Å². The average Bonchev–Trinajstić information content (AvgIpc) is 2.95. The molecule has 194 valence electrons. The monoisotopic (exact) mass is 528 g/mol. The van der Waals surface area contributed by atoms with Crippen LogP contribution in [0.4, 0.5) is 5.82 Å². The van der Waals surface area contributed by atoms with Gasteiger partial charge in [0.1, 0.15) is 5.82 Å². The first-order valence-electron chi connectivity index (χ1n) is 11.9. The highest BCUT2D eigenvalue weighted by atomic mass is 32.2. The fourth-order valence-corrected chi connectivity index (χ4v) is 4.51. The Morgan fingerprint density at radius 3 is 2.58 bits per heavy atom. The molecule has 10 heteroatoms. The van der Waals surface area contributed by atoms with E-state index in [4.69, 9.17) is 15.1 Å². The summed E-state index contributed by atoms with van der Waals surface area (Å²) in [7, 11) is -3.57. The number of fused-ring (bicyclic) bond motifs is 1. The SMILES string of the molecule is C=C/C(=C\N=C/CS(=O)(=O)NCCO)c1nc(NCc2ccccn2)c2c(-c3ccccc3)cccc2n1. The second kappa shape index (κ2) is 12.8. The van der Waals surface area contributed by atoms with Crippen molar-refractivity contribution in [3.63, 3.8) is 0 Å². The second-order valence-electron chi connectivity index (χ2n) is 8.16. The lowest BCUT2D eigenvalue weighted by Gasteiger charge is -2.14. The van der Waals surface area contributed by atoms with Gasteiger partial charge >= 0.3 is 0 Å². The van der Waals surface area contributed by atoms with Crippen LogP contribution < -0.4 is 10.0 Å². The third-order valence-electron chi connectivity index (χ3n) is 5.50. The number of rotatable bonds is 12. The maximum atomic E-state index is 11.9. The Labute approximate surface area is 221 Å². The maximum absolute atomic E-state index is 11.9. The molecule has 0 saturated carbocycles. The molecule has 4 rings (SSSR count). The second-order valence-corrected chi connectivity index (χ2v) is 10.0. The van der Waals surface area contributed by atoms with Gasteiger partial charge in [0.2, 0.25) is 10.0 Å². The Hall–Kier alpha value is -4.25. The topological polar surface area (TPSA) is 129 Å². The van der Waals surface area contributed by atoms with Gasteiger partial charge in [0.15, 0.2) is 5.82 Å². The van der Waals surface area contributed by atoms with E-state index in [1.165, 1.54) is 12.4 Å². The minimum Gasteiger partial charge on any atom is -0.395 e. The fourth-order valence-electron chi connectivity index (χ4n) is 3.71. The number of aromatic nitrogens is 3. The number of benzene rings is 2. The summed E-state index contributed by atoms with van der Waals surface area (Å²) in [6.07, 6.45) is 6.05. The molecule has 0 spiro atoms. The number of aliphatic imine (C=N–C) groups is 1. The maximum Gasteiger partial charge on any atom is 0.216 e. The van der Waals surface area contributed by atoms with Crippen molar-refractivity contribution in [2.75, 3.05) is 24.2 Å². The van der Waals surface area contributed by atoms with E-state index in [9.17, 15) is 8.42 Å². The van der Waals surface area contributed by atoms with Crippen LogP contribution in [0.1, 0.15) is 11.5 Å². The van der Waals surface area contributed by atoms with Crippen LogP contribution in [0.2, 0.25) is 0 Å². The van der Waals surface area contributed by atoms with E-state index in [-0.39, 0.29) is 18.9 Å². The number of nitrogens with one attached hydrogen (secondary N) is 2. The number of hydrogen-bond acceptors (Lipinski definition) is 8. The number of hydrogen-bond donors (Lipinski definition) is 3. The zero-order chi connectivity index (χ0) is 26.8. The van der Waals surface area contributed by atoms with Crippen molar-refractivity contribution in [3.8, 4) is 11.1 Å². The predicted octanol–water partition coefficient (Wildman–Crippen LogP) is 3.81. The van der Waals surface area contributed by atoms with Gasteiger partial charge in [0, 0.05) is 30.7 Å². The summed E-state index contributed by atoms with van der Waals surface area (Å²) in [5.74, 6) is 0.686. The number of sulfonamides is 1. The van der Waals surface area contributed by atoms with Crippen molar-refractivity contribution in [3.05, 3.63) is 103 Å². The third-order valence-corrected chi connectivity index (χ3v) is 6.73. The largest absolute Gasteiger partial charge is 0.395 e. The molecule has 0 radical (unpaired) electrons. The number of allylic oxidation sites excluding steroid dienone is 2. The first-order chi connectivity index (χ1) is 18.5. The predicted molar refractivity (Wildman–Crippen MR) is 152 cm³/mol. The molecule has 0 unspecified atom stereocenters. The van der Waals surface area contributed by atoms with E-state index in [2.05, 4.69) is 26.6 Å². The van der Waals surface area contributed by atoms with Gasteiger partial charge < -0.3 is 10.4 Å². The molecule has 2 aromatic heterocycles. The number of aliphatic hydroxyl groups excluding tert-OH is 1. The highest BCUT2D eigenvalue weighted by Gasteiger charge is 2.15. The Balaban J connectivity index is 1.73. The van der Waals surface area contributed by atoms with Crippen molar-refractivity contribution in [1.29, 1.82) is 0 Å². The summed E-state index contributed by atoms with van der Waals surface area (Å²) in [5.41, 5.74) is 4.14. The van der Waals surface area contributed by atoms with Crippen molar-refractivity contribution in [1.82, 2.24) is 19.7 Å². The van der Waals surface area contributed by atoms with Crippen LogP contribution in [-0.2, 0) is 16.6 Å². The highest BCUT2D eigenvalue weighted by molar-refractivity contribution is 7.90. The van der Waals surface area contributed by atoms with Gasteiger partial charge in [0.05, 0.1) is 35.5 Å². The van der Waals surface area contributed by atoms with Gasteiger partial charge in [-0.1, -0.05) is 61.2 Å². The molecule has 2 heterocycles. The van der Waals surface area contributed by atoms with Gasteiger partial charge in [-0.2, -0.15) is 0 Å². The Morgan fingerprint density at radius 2 is 1.84 bits per heavy atom. The first-order valence-corrected chi connectivity index (χ1v) is 13.6. The lowest BCUT2D eigenvalue weighted by atomic mass is 10.0. The minimum atomic E-state index is -3.57. The van der Waals surface area contributed by atoms with Gasteiger partial charge in [0.25, 0.3) is 0 Å². The lowest BCUT2D eigenvalue weighted by molar-refractivity contribution is 0.301. The van der Waals surface area contributed by atoms with Gasteiger partial charge in [-0.15, -0.1) is 0 Å². The van der Waals surface area contributed by atoms with Gasteiger partial charge in [-0.3, -0.25) is 9.98 Å². The fraction of sp³-hybridized carbons (Fsp3) is 0.143. The van der Waals surface area contributed by atoms with Crippen LogP contribution >= 0.6 is 0 Å². The normalized spacial score (nSPS) is 12.2. The van der Waals surface area contributed by atoms with E-state index in [0.717, 1.165) is 27.7 Å². The minimum absolute atomic E-state index is 0.0475. The van der Waals surface area contributed by atoms with E-state index in [0.29, 0.717) is 23.8 Å². The summed E-state index contributed by atoms with van der Waals surface area (Å²) in [6, 6.07) is 21.7. The standard InChI is InChI=1S/C28H28N6O3S/c1-2-21(19-29-16-18-38(36,37)32-15-17-35)27-33-25-13-8-12-24(22-9-4-3-5-10-22)26(25)28(34-27)31-20-23-11-6-7-14-30-23/h2-14,16,19,32,35H,1,15,17-18,20H2,(H,31,33,34)/b21-19+,29-16-. The summed E-state index contributed by atoms with van der Waals surface area (Å²) in [5, 5.41) is 13.1. The van der Waals surface area contributed by atoms with Crippen LogP contribution in [-0.4, -0.2) is 53.6 Å². The number of anilines is 1. The van der Waals surface area contributed by atoms with E-state index >= 15 is 0 Å². The zero-order valence-corrected chi connectivity index (χ0v) is 21.5. The Morgan fingerprint density at radius 1 is 1.03 bits per heavy atom. The zero-order valence-electron chi connectivity index (χ0n) is 20.7. The summed E-state index contributed by atoms with van der Waals surface area (Å²) < 4.78 is 26.1. The van der Waals surface area contributed by atoms with Crippen LogP contribution in [0.15, 0.2) is 96.8 Å². The van der Waals surface area contributed by atoms with Crippen molar-refractivity contribution in [2.24, 2.45) is 4.99 Å². The lowest BCUT2D eigenvalue weighted by Crippen LogP contribution is -2.29. The van der Waals surface area contributed by atoms with Crippen LogP contribution in [0.5, 0.6) is 0 Å². The molecule has 0 aliphatic rings. The molecule has 0 bridgehead atoms. The average molecular weight is 529 g/mol. The Kier molecular flexibility index (Phi) is 9.04. The van der Waals surface area contributed by atoms with Crippen LogP contribution in [0.25, 0.3) is 27.6 Å². The van der Waals surface area contributed by atoms with Crippen molar-refractivity contribution in [2.45, 2.75) is 6.54 Å². The van der Waals surface area contributed by atoms with Gasteiger partial charge in [-0.05, 0) is 29.3 Å². The smallest absolute Gasteiger partial charge is 0.216 e. The number of pyridine rings is 1. The molecule has 38 heavy (non-hydrogen) atoms. The molecule has 0 aliphatic heterocycles. The number of aliphatic hydroxyl groups is 1. The molecule has 4 aromatic rings. The van der Waals surface area contributed by atoms with Crippen LogP contribution in [0.3, 0.4) is 0 Å². The summed E-state index contributed by atoms with van der Waals surface area (Å²) >= 11 is 0. The highest BCUT2D eigenvalue weighted by Crippen LogP contribution is 2.33. The van der Waals surface area contributed by atoms with E-state index in [1.807, 2.05) is 66.7 Å². The molecule has 0 fully saturated rings. The van der Waals surface area contributed by atoms with Gasteiger partial charge in [-0.25, -0.2) is 23.1 Å².